The van der Waals surface area contributed by atoms with Gasteiger partial charge in [-0.05, 0) is 50.2 Å². The number of anilines is 3. The molecule has 2 atom stereocenters. The Balaban J connectivity index is 1.61. The Bertz CT molecular complexity index is 1130. The van der Waals surface area contributed by atoms with E-state index in [9.17, 15) is 13.6 Å². The van der Waals surface area contributed by atoms with Crippen LogP contribution >= 0.6 is 0 Å². The molecule has 1 aliphatic rings. The zero-order valence-electron chi connectivity index (χ0n) is 18.1. The molecule has 0 bridgehead atoms. The quantitative estimate of drug-likeness (QED) is 0.432. The Kier molecular flexibility index (Phi) is 6.45. The molecule has 172 valence electrons. The van der Waals surface area contributed by atoms with Crippen LogP contribution in [-0.4, -0.2) is 45.9 Å². The van der Waals surface area contributed by atoms with Crippen LogP contribution in [-0.2, 0) is 0 Å². The van der Waals surface area contributed by atoms with Crippen LogP contribution in [0.1, 0.15) is 29.6 Å². The fourth-order valence-corrected chi connectivity index (χ4v) is 4.09. The van der Waals surface area contributed by atoms with Gasteiger partial charge in [-0.2, -0.15) is 0 Å². The lowest BCUT2D eigenvalue weighted by Gasteiger charge is -2.38. The Hall–Kier alpha value is -3.66. The molecule has 3 aromatic rings. The van der Waals surface area contributed by atoms with Gasteiger partial charge in [-0.3, -0.25) is 4.79 Å². The van der Waals surface area contributed by atoms with Gasteiger partial charge in [0.05, 0.1) is 11.6 Å². The molecule has 33 heavy (non-hydrogen) atoms. The summed E-state index contributed by atoms with van der Waals surface area (Å²) in [6.45, 7) is 0. The Labute approximate surface area is 190 Å². The van der Waals surface area contributed by atoms with Crippen molar-refractivity contribution < 1.29 is 13.6 Å². The number of rotatable bonds is 7. The lowest BCUT2D eigenvalue weighted by molar-refractivity contribution is -0.0654. The number of pyridine rings is 1. The van der Waals surface area contributed by atoms with E-state index in [0.29, 0.717) is 30.2 Å². The van der Waals surface area contributed by atoms with Gasteiger partial charge in [-0.25, -0.2) is 23.7 Å². The molecule has 0 saturated heterocycles. The highest BCUT2D eigenvalue weighted by Crippen LogP contribution is 2.35. The standard InChI is InChI=1S/C23H25F2N7O/c1-27-19-17(7-3-10-23(19,24)25)31-18-9-8-16(20(26)33)22(32-18)30-15-6-2-5-14(13-15)21-28-11-4-12-29-21/h2,4-6,8-9,11-13,17,19,27H,3,7,10H2,1H3,(H2,26,33)(H2,30,31,32)/t17-,19-/m1/s1. The number of alkyl halides is 2. The van der Waals surface area contributed by atoms with Gasteiger partial charge < -0.3 is 21.7 Å². The highest BCUT2D eigenvalue weighted by atomic mass is 19.3. The summed E-state index contributed by atoms with van der Waals surface area (Å²) in [5, 5.41) is 8.94. The van der Waals surface area contributed by atoms with E-state index < -0.39 is 23.9 Å². The summed E-state index contributed by atoms with van der Waals surface area (Å²) in [5.41, 5.74) is 7.13. The Morgan fingerprint density at radius 1 is 1.15 bits per heavy atom. The minimum Gasteiger partial charge on any atom is -0.365 e. The van der Waals surface area contributed by atoms with Crippen molar-refractivity contribution in [2.75, 3.05) is 17.7 Å². The molecule has 0 unspecified atom stereocenters. The van der Waals surface area contributed by atoms with Crippen LogP contribution < -0.4 is 21.7 Å². The number of amides is 1. The fraction of sp³-hybridized carbons (Fsp3) is 0.304. The van der Waals surface area contributed by atoms with E-state index in [-0.39, 0.29) is 17.8 Å². The van der Waals surface area contributed by atoms with Crippen LogP contribution in [0.5, 0.6) is 0 Å². The van der Waals surface area contributed by atoms with Gasteiger partial charge in [-0.1, -0.05) is 12.1 Å². The molecule has 1 aromatic carbocycles. The summed E-state index contributed by atoms with van der Waals surface area (Å²) in [5.74, 6) is -2.33. The van der Waals surface area contributed by atoms with Crippen molar-refractivity contribution >= 4 is 23.2 Å². The van der Waals surface area contributed by atoms with Gasteiger partial charge in [-0.15, -0.1) is 0 Å². The smallest absolute Gasteiger partial charge is 0.265 e. The molecule has 1 saturated carbocycles. The van der Waals surface area contributed by atoms with E-state index in [4.69, 9.17) is 5.73 Å². The minimum absolute atomic E-state index is 0.154. The molecule has 2 heterocycles. The highest BCUT2D eigenvalue weighted by Gasteiger charge is 2.46. The second-order valence-electron chi connectivity index (χ2n) is 7.91. The first kappa shape index (κ1) is 22.5. The number of primary amides is 1. The first-order chi connectivity index (χ1) is 15.9. The van der Waals surface area contributed by atoms with Crippen molar-refractivity contribution in [3.05, 3.63) is 60.4 Å². The van der Waals surface area contributed by atoms with Crippen molar-refractivity contribution in [3.8, 4) is 11.4 Å². The predicted molar refractivity (Wildman–Crippen MR) is 123 cm³/mol. The molecule has 4 rings (SSSR count). The molecule has 1 amide bonds. The topological polar surface area (TPSA) is 118 Å². The Morgan fingerprint density at radius 2 is 1.94 bits per heavy atom. The summed E-state index contributed by atoms with van der Waals surface area (Å²) in [7, 11) is 1.53. The minimum atomic E-state index is -2.82. The van der Waals surface area contributed by atoms with E-state index in [1.54, 1.807) is 30.6 Å². The normalized spacial score (nSPS) is 19.6. The maximum Gasteiger partial charge on any atom is 0.265 e. The monoisotopic (exact) mass is 453 g/mol. The van der Waals surface area contributed by atoms with E-state index in [0.717, 1.165) is 5.56 Å². The van der Waals surface area contributed by atoms with Gasteiger partial charge in [0.1, 0.15) is 11.6 Å². The average Bonchev–Trinajstić information content (AvgIpc) is 2.79. The summed E-state index contributed by atoms with van der Waals surface area (Å²) in [4.78, 5) is 24.9. The molecule has 0 aliphatic heterocycles. The predicted octanol–water partition coefficient (Wildman–Crippen LogP) is 3.57. The maximum absolute atomic E-state index is 14.3. The summed E-state index contributed by atoms with van der Waals surface area (Å²) in [6.07, 6.45) is 4.12. The Morgan fingerprint density at radius 3 is 2.67 bits per heavy atom. The van der Waals surface area contributed by atoms with Crippen LogP contribution in [0.3, 0.4) is 0 Å². The van der Waals surface area contributed by atoms with Crippen molar-refractivity contribution in [2.24, 2.45) is 5.73 Å². The van der Waals surface area contributed by atoms with Gasteiger partial charge in [0, 0.05) is 36.1 Å². The first-order valence-electron chi connectivity index (χ1n) is 10.6. The molecular weight excluding hydrogens is 428 g/mol. The molecule has 5 N–H and O–H groups in total. The molecule has 2 aromatic heterocycles. The molecule has 1 aliphatic carbocycles. The number of nitrogens with zero attached hydrogens (tertiary/aromatic N) is 3. The second-order valence-corrected chi connectivity index (χ2v) is 7.91. The van der Waals surface area contributed by atoms with Gasteiger partial charge in [0.25, 0.3) is 11.8 Å². The zero-order chi connectivity index (χ0) is 23.4. The molecule has 1 fully saturated rings. The number of hydrogen-bond donors (Lipinski definition) is 4. The molecular formula is C23H25F2N7O. The second kappa shape index (κ2) is 9.45. The number of likely N-dealkylation sites (N-methyl/N-ethyl adjacent to an activating group) is 1. The van der Waals surface area contributed by atoms with E-state index in [1.165, 1.54) is 13.1 Å². The van der Waals surface area contributed by atoms with Crippen LogP contribution in [0.2, 0.25) is 0 Å². The van der Waals surface area contributed by atoms with E-state index in [1.807, 2.05) is 18.2 Å². The van der Waals surface area contributed by atoms with Crippen LogP contribution in [0, 0.1) is 0 Å². The van der Waals surface area contributed by atoms with Crippen molar-refractivity contribution in [2.45, 2.75) is 37.3 Å². The van der Waals surface area contributed by atoms with Gasteiger partial charge >= 0.3 is 0 Å². The summed E-state index contributed by atoms with van der Waals surface area (Å²) >= 11 is 0. The highest BCUT2D eigenvalue weighted by molar-refractivity contribution is 5.98. The number of hydrogen-bond acceptors (Lipinski definition) is 7. The molecule has 10 heteroatoms. The third-order valence-electron chi connectivity index (χ3n) is 5.64. The van der Waals surface area contributed by atoms with Crippen LogP contribution in [0.4, 0.5) is 26.1 Å². The number of benzene rings is 1. The number of nitrogens with two attached hydrogens (primary N) is 1. The third-order valence-corrected chi connectivity index (χ3v) is 5.64. The third kappa shape index (κ3) is 5.06. The number of carbonyl (C=O) groups excluding carboxylic acids is 1. The molecule has 0 spiro atoms. The van der Waals surface area contributed by atoms with Crippen LogP contribution in [0.15, 0.2) is 54.9 Å². The number of aromatic nitrogens is 3. The van der Waals surface area contributed by atoms with Crippen molar-refractivity contribution in [1.82, 2.24) is 20.3 Å². The SMILES string of the molecule is CN[C@@H]1[C@H](Nc2ccc(C(N)=O)c(Nc3cccc(-c4ncccn4)c3)n2)CCCC1(F)F. The maximum atomic E-state index is 14.3. The van der Waals surface area contributed by atoms with Gasteiger partial charge in [0.15, 0.2) is 5.82 Å². The van der Waals surface area contributed by atoms with Crippen LogP contribution in [0.25, 0.3) is 11.4 Å². The van der Waals surface area contributed by atoms with Gasteiger partial charge in [0.2, 0.25) is 0 Å². The number of halogens is 2. The van der Waals surface area contributed by atoms with E-state index in [2.05, 4.69) is 30.9 Å². The molecule has 0 radical (unpaired) electrons. The number of carbonyl (C=O) groups is 1. The first-order valence-corrected chi connectivity index (χ1v) is 10.6. The largest absolute Gasteiger partial charge is 0.365 e. The zero-order valence-corrected chi connectivity index (χ0v) is 18.1. The van der Waals surface area contributed by atoms with Crippen molar-refractivity contribution in [3.63, 3.8) is 0 Å². The average molecular weight is 453 g/mol. The number of nitrogens with one attached hydrogen (secondary N) is 3. The molecule has 8 nitrogen and oxygen atoms in total. The summed E-state index contributed by atoms with van der Waals surface area (Å²) in [6, 6.07) is 10.6. The van der Waals surface area contributed by atoms with Crippen molar-refractivity contribution in [1.29, 1.82) is 0 Å². The fourth-order valence-electron chi connectivity index (χ4n) is 4.09. The summed E-state index contributed by atoms with van der Waals surface area (Å²) < 4.78 is 28.7. The van der Waals surface area contributed by atoms with E-state index >= 15 is 0 Å². The lowest BCUT2D eigenvalue weighted by atomic mass is 9.87. The lowest BCUT2D eigenvalue weighted by Crippen LogP contribution is -2.56.